The Bertz CT molecular complexity index is 1640. The molecule has 2 aromatic rings. The van der Waals surface area contributed by atoms with Crippen LogP contribution in [0, 0.1) is 5.92 Å². The van der Waals surface area contributed by atoms with Gasteiger partial charge in [-0.2, -0.15) is 0 Å². The molecule has 0 saturated carbocycles. The predicted octanol–water partition coefficient (Wildman–Crippen LogP) is 3.99. The second-order valence-electron chi connectivity index (χ2n) is 13.1. The van der Waals surface area contributed by atoms with Gasteiger partial charge in [0.05, 0.1) is 24.8 Å². The van der Waals surface area contributed by atoms with Gasteiger partial charge in [0, 0.05) is 18.7 Å². The first kappa shape index (κ1) is 34.9. The Morgan fingerprint density at radius 3 is 2.41 bits per heavy atom. The van der Waals surface area contributed by atoms with Gasteiger partial charge in [0.25, 0.3) is 0 Å². The van der Waals surface area contributed by atoms with Crippen molar-refractivity contribution in [2.75, 3.05) is 36.3 Å². The van der Waals surface area contributed by atoms with Crippen LogP contribution in [0.15, 0.2) is 36.5 Å². The fourth-order valence-corrected chi connectivity index (χ4v) is 5.68. The van der Waals surface area contributed by atoms with Gasteiger partial charge < -0.3 is 29.0 Å². The van der Waals surface area contributed by atoms with E-state index in [0.29, 0.717) is 31.1 Å². The van der Waals surface area contributed by atoms with Crippen molar-refractivity contribution in [3.63, 3.8) is 0 Å². The number of esters is 1. The molecule has 3 atom stereocenters. The Hall–Kier alpha value is -5.41. The average Bonchev–Trinajstić information content (AvgIpc) is 3.71. The average molecular weight is 682 g/mol. The fraction of sp³-hybridized carbons (Fsp3) is 0.485. The van der Waals surface area contributed by atoms with E-state index in [1.54, 1.807) is 52.9 Å². The highest BCUT2D eigenvalue weighted by molar-refractivity contribution is 5.95. The van der Waals surface area contributed by atoms with Crippen LogP contribution in [-0.4, -0.2) is 96.4 Å². The van der Waals surface area contributed by atoms with Gasteiger partial charge in [-0.05, 0) is 68.5 Å². The molecular formula is C33H39N5O11. The second-order valence-corrected chi connectivity index (χ2v) is 13.1. The van der Waals surface area contributed by atoms with Crippen molar-refractivity contribution in [2.24, 2.45) is 5.92 Å². The molecule has 262 valence electrons. The maximum absolute atomic E-state index is 12.9. The number of fused-ring (bicyclic) bond motifs is 3. The van der Waals surface area contributed by atoms with Crippen molar-refractivity contribution < 1.29 is 52.5 Å². The summed E-state index contributed by atoms with van der Waals surface area (Å²) < 4.78 is 25.9. The van der Waals surface area contributed by atoms with Crippen LogP contribution >= 0.6 is 0 Å². The number of aromatic nitrogens is 1. The second kappa shape index (κ2) is 14.0. The van der Waals surface area contributed by atoms with Crippen LogP contribution in [0.25, 0.3) is 11.1 Å². The number of benzene rings is 1. The van der Waals surface area contributed by atoms with Crippen LogP contribution in [0.1, 0.15) is 47.1 Å². The number of carbonyl (C=O) groups excluding carboxylic acids is 6. The summed E-state index contributed by atoms with van der Waals surface area (Å²) in [7, 11) is 0. The molecule has 1 aromatic carbocycles. The number of carbonyl (C=O) groups is 6. The lowest BCUT2D eigenvalue weighted by Gasteiger charge is -2.25. The van der Waals surface area contributed by atoms with Gasteiger partial charge in [-0.15, -0.1) is 0 Å². The molecule has 3 aliphatic rings. The molecule has 1 N–H and O–H groups in total. The Labute approximate surface area is 282 Å². The van der Waals surface area contributed by atoms with Crippen LogP contribution in [0.3, 0.4) is 0 Å². The number of cyclic esters (lactones) is 2. The van der Waals surface area contributed by atoms with E-state index in [1.165, 1.54) is 9.80 Å². The van der Waals surface area contributed by atoms with Crippen LogP contribution in [0.5, 0.6) is 0 Å². The molecule has 0 spiro atoms. The maximum Gasteiger partial charge on any atom is 0.419 e. The Morgan fingerprint density at radius 1 is 1.06 bits per heavy atom. The fourth-order valence-electron chi connectivity index (χ4n) is 5.68. The van der Waals surface area contributed by atoms with Gasteiger partial charge in [-0.3, -0.25) is 14.6 Å². The van der Waals surface area contributed by atoms with E-state index in [4.69, 9.17) is 23.7 Å². The number of rotatable bonds is 9. The summed E-state index contributed by atoms with van der Waals surface area (Å²) >= 11 is 0. The number of imide groups is 1. The van der Waals surface area contributed by atoms with Crippen LogP contribution < -0.4 is 15.1 Å². The Balaban J connectivity index is 1.19. The number of ether oxygens (including phenoxy) is 5. The van der Waals surface area contributed by atoms with Gasteiger partial charge >= 0.3 is 30.3 Å². The zero-order chi connectivity index (χ0) is 35.6. The molecule has 4 heterocycles. The summed E-state index contributed by atoms with van der Waals surface area (Å²) in [5.74, 6) is -1.43. The molecule has 0 radical (unpaired) electrons. The van der Waals surface area contributed by atoms with Crippen molar-refractivity contribution in [3.05, 3.63) is 42.1 Å². The highest BCUT2D eigenvalue weighted by Gasteiger charge is 2.49. The molecule has 0 bridgehead atoms. The van der Waals surface area contributed by atoms with E-state index >= 15 is 0 Å². The molecule has 1 aromatic heterocycles. The third kappa shape index (κ3) is 7.84. The summed E-state index contributed by atoms with van der Waals surface area (Å²) in [5, 5.41) is 2.45. The molecular weight excluding hydrogens is 642 g/mol. The molecule has 2 saturated heterocycles. The summed E-state index contributed by atoms with van der Waals surface area (Å²) in [5.41, 5.74) is 2.37. The zero-order valence-electron chi connectivity index (χ0n) is 28.1. The highest BCUT2D eigenvalue weighted by Crippen LogP contribution is 2.41. The number of nitrogens with zero attached hydrogens (tertiary/aromatic N) is 4. The van der Waals surface area contributed by atoms with Gasteiger partial charge in [0.1, 0.15) is 30.2 Å². The lowest BCUT2D eigenvalue weighted by molar-refractivity contribution is -0.156. The zero-order valence-corrected chi connectivity index (χ0v) is 28.1. The third-order valence-electron chi connectivity index (χ3n) is 8.04. The molecule has 0 aliphatic carbocycles. The van der Waals surface area contributed by atoms with E-state index in [9.17, 15) is 28.8 Å². The number of pyridine rings is 1. The SMILES string of the molecule is CC(=O)N(C[C@@H]1OC(=O)N2c3ccc(-c4ccc(N5CCOC5=O)nc4)cc3C[C@@H]12)C(=O)OCOC(=O)[C@H](NC(=O)OC(C)(C)C)C(C)C. The number of hydrogen-bond donors (Lipinski definition) is 1. The van der Waals surface area contributed by atoms with E-state index in [-0.39, 0.29) is 12.5 Å². The van der Waals surface area contributed by atoms with Crippen molar-refractivity contribution in [2.45, 2.75) is 71.8 Å². The smallest absolute Gasteiger partial charge is 0.419 e. The molecule has 2 fully saturated rings. The van der Waals surface area contributed by atoms with E-state index in [1.807, 2.05) is 18.2 Å². The first-order chi connectivity index (χ1) is 23.1. The predicted molar refractivity (Wildman–Crippen MR) is 171 cm³/mol. The lowest BCUT2D eigenvalue weighted by atomic mass is 10.0. The Morgan fingerprint density at radius 2 is 1.80 bits per heavy atom. The number of nitrogens with one attached hydrogen (secondary N) is 1. The van der Waals surface area contributed by atoms with E-state index in [0.717, 1.165) is 28.5 Å². The van der Waals surface area contributed by atoms with Crippen LogP contribution in [0.4, 0.5) is 30.7 Å². The van der Waals surface area contributed by atoms with Crippen molar-refractivity contribution in [1.29, 1.82) is 0 Å². The molecule has 3 aliphatic heterocycles. The highest BCUT2D eigenvalue weighted by atomic mass is 16.7. The van der Waals surface area contributed by atoms with Crippen molar-refractivity contribution in [1.82, 2.24) is 15.2 Å². The molecule has 49 heavy (non-hydrogen) atoms. The summed E-state index contributed by atoms with van der Waals surface area (Å²) in [4.78, 5) is 83.2. The number of alkyl carbamates (subject to hydrolysis) is 1. The number of anilines is 2. The molecule has 16 nitrogen and oxygen atoms in total. The van der Waals surface area contributed by atoms with Gasteiger partial charge in [0.15, 0.2) is 0 Å². The monoisotopic (exact) mass is 681 g/mol. The van der Waals surface area contributed by atoms with Crippen LogP contribution in [-0.2, 0) is 39.7 Å². The molecule has 0 unspecified atom stereocenters. The third-order valence-corrected chi connectivity index (χ3v) is 8.04. The van der Waals surface area contributed by atoms with Gasteiger partial charge in [-0.25, -0.2) is 33.9 Å². The molecule has 16 heteroatoms. The lowest BCUT2D eigenvalue weighted by Crippen LogP contribution is -2.48. The molecule has 5 amide bonds. The minimum absolute atomic E-state index is 0.297. The summed E-state index contributed by atoms with van der Waals surface area (Å²) in [6.45, 7) is 9.18. The van der Waals surface area contributed by atoms with Gasteiger partial charge in [0.2, 0.25) is 12.7 Å². The first-order valence-electron chi connectivity index (χ1n) is 15.8. The van der Waals surface area contributed by atoms with E-state index < -0.39 is 66.8 Å². The first-order valence-corrected chi connectivity index (χ1v) is 15.8. The molecule has 5 rings (SSSR count). The van der Waals surface area contributed by atoms with Crippen molar-refractivity contribution >= 4 is 47.8 Å². The number of hydrogen-bond acceptors (Lipinski definition) is 12. The standard InChI is InChI=1S/C33H39N5O11/c1-18(2)27(35-29(41)49-33(4,5)6)28(40)46-17-47-31(43)37(19(3)39)16-25-24-14-22-13-20(7-9-23(22)38(24)32(44)48-25)21-8-10-26(34-15-21)36-11-12-45-30(36)42/h7-10,13,15,18,24-25,27H,11-12,14,16-17H2,1-6H3,(H,35,41)/t24-,25-,27+/m0/s1. The Kier molecular flexibility index (Phi) is 9.96. The van der Waals surface area contributed by atoms with Crippen molar-refractivity contribution in [3.8, 4) is 11.1 Å². The number of amides is 5. The minimum atomic E-state index is -1.10. The van der Waals surface area contributed by atoms with Crippen LogP contribution in [0.2, 0.25) is 0 Å². The topological polar surface area (TPSA) is 183 Å². The largest absolute Gasteiger partial charge is 0.447 e. The van der Waals surface area contributed by atoms with Gasteiger partial charge in [-0.1, -0.05) is 19.9 Å². The van der Waals surface area contributed by atoms with E-state index in [2.05, 4.69) is 10.3 Å². The normalized spacial score (nSPS) is 18.7. The minimum Gasteiger partial charge on any atom is -0.447 e. The summed E-state index contributed by atoms with van der Waals surface area (Å²) in [6.07, 6.45) is -1.79. The maximum atomic E-state index is 12.9. The quantitative estimate of drug-likeness (QED) is 0.229. The summed E-state index contributed by atoms with van der Waals surface area (Å²) in [6, 6.07) is 7.57.